The van der Waals surface area contributed by atoms with Gasteiger partial charge in [-0.15, -0.1) is 0 Å². The summed E-state index contributed by atoms with van der Waals surface area (Å²) in [6.07, 6.45) is 4.22. The third-order valence-electron chi connectivity index (χ3n) is 5.50. The smallest absolute Gasteiger partial charge is 0.410 e. The van der Waals surface area contributed by atoms with Gasteiger partial charge in [-0.3, -0.25) is 9.69 Å². The van der Waals surface area contributed by atoms with Crippen molar-refractivity contribution in [3.63, 3.8) is 0 Å². The average Bonchev–Trinajstić information content (AvgIpc) is 3.13. The Labute approximate surface area is 166 Å². The van der Waals surface area contributed by atoms with Crippen molar-refractivity contribution < 1.29 is 29.0 Å². The lowest BCUT2D eigenvalue weighted by molar-refractivity contribution is -0.138. The molecule has 0 radical (unpaired) electrons. The van der Waals surface area contributed by atoms with Crippen molar-refractivity contribution >= 4 is 18.2 Å². The molecule has 2 fully saturated rings. The van der Waals surface area contributed by atoms with Crippen LogP contribution in [0.5, 0.6) is 0 Å². The first kappa shape index (κ1) is 22.0. The van der Waals surface area contributed by atoms with Gasteiger partial charge in [-0.2, -0.15) is 0 Å². The molecular weight excluding hydrogens is 364 g/mol. The summed E-state index contributed by atoms with van der Waals surface area (Å²) in [7, 11) is 0. The minimum absolute atomic E-state index is 0.0232. The van der Waals surface area contributed by atoms with Crippen LogP contribution in [0.25, 0.3) is 0 Å². The van der Waals surface area contributed by atoms with Gasteiger partial charge in [0.2, 0.25) is 0 Å². The van der Waals surface area contributed by atoms with E-state index in [2.05, 4.69) is 11.9 Å². The Morgan fingerprint density at radius 3 is 2.61 bits per heavy atom. The van der Waals surface area contributed by atoms with Crippen LogP contribution < -0.4 is 5.32 Å². The summed E-state index contributed by atoms with van der Waals surface area (Å²) in [6.45, 7) is 9.41. The molecule has 1 heterocycles. The van der Waals surface area contributed by atoms with E-state index < -0.39 is 35.3 Å². The van der Waals surface area contributed by atoms with Crippen LogP contribution in [0, 0.1) is 5.92 Å². The molecule has 1 saturated carbocycles. The van der Waals surface area contributed by atoms with E-state index in [1.807, 2.05) is 0 Å². The van der Waals surface area contributed by atoms with Crippen LogP contribution in [-0.4, -0.2) is 58.5 Å². The molecule has 2 aliphatic rings. The van der Waals surface area contributed by atoms with Crippen LogP contribution in [0.4, 0.5) is 9.59 Å². The number of carboxylic acid groups (broad SMARTS) is 1. The Hall–Kier alpha value is -2.25. The van der Waals surface area contributed by atoms with Gasteiger partial charge in [-0.05, 0) is 52.4 Å². The summed E-state index contributed by atoms with van der Waals surface area (Å²) in [5.41, 5.74) is -1.08. The van der Waals surface area contributed by atoms with Crippen LogP contribution in [0.1, 0.15) is 59.3 Å². The number of carbonyl (C=O) groups excluding carboxylic acids is 2. The number of ether oxygens (including phenoxy) is 2. The number of likely N-dealkylation sites (tertiary alicyclic amines) is 1. The van der Waals surface area contributed by atoms with Gasteiger partial charge in [0.25, 0.3) is 0 Å². The van der Waals surface area contributed by atoms with Gasteiger partial charge >= 0.3 is 18.2 Å². The molecule has 0 aromatic carbocycles. The van der Waals surface area contributed by atoms with Gasteiger partial charge in [0.05, 0.1) is 12.0 Å². The van der Waals surface area contributed by atoms with E-state index in [1.54, 1.807) is 25.7 Å². The minimum Gasteiger partial charge on any atom is -0.481 e. The first-order valence-electron chi connectivity index (χ1n) is 9.84. The molecule has 158 valence electrons. The van der Waals surface area contributed by atoms with Crippen molar-refractivity contribution in [2.24, 2.45) is 5.92 Å². The van der Waals surface area contributed by atoms with Gasteiger partial charge in [0.1, 0.15) is 12.2 Å². The molecule has 2 rings (SSSR count). The molecule has 2 N–H and O–H groups in total. The normalized spacial score (nSPS) is 26.9. The molecule has 1 aliphatic heterocycles. The molecule has 8 heteroatoms. The number of carboxylic acids is 1. The molecule has 0 aromatic heterocycles. The monoisotopic (exact) mass is 396 g/mol. The van der Waals surface area contributed by atoms with Crippen molar-refractivity contribution in [1.29, 1.82) is 0 Å². The zero-order valence-electron chi connectivity index (χ0n) is 17.0. The first-order chi connectivity index (χ1) is 13.1. The third kappa shape index (κ3) is 5.17. The third-order valence-corrected chi connectivity index (χ3v) is 5.50. The quantitative estimate of drug-likeness (QED) is 0.667. The molecule has 0 aromatic rings. The summed E-state index contributed by atoms with van der Waals surface area (Å²) < 4.78 is 10.6. The fraction of sp³-hybridized carbons (Fsp3) is 0.750. The number of nitrogens with zero attached hydrogens (tertiary/aromatic N) is 1. The topological polar surface area (TPSA) is 105 Å². The largest absolute Gasteiger partial charge is 0.481 e. The highest BCUT2D eigenvalue weighted by molar-refractivity contribution is 5.73. The van der Waals surface area contributed by atoms with E-state index in [1.165, 1.54) is 6.08 Å². The SMILES string of the molecule is C=CCOC(=O)N1[C@@H](CC(=O)O)CC[C@@]12CCC[C@H]2CNC(=O)OC(C)(C)C. The summed E-state index contributed by atoms with van der Waals surface area (Å²) in [5.74, 6) is -0.917. The number of alkyl carbamates (subject to hydrolysis) is 1. The number of rotatable bonds is 6. The fourth-order valence-corrected chi connectivity index (χ4v) is 4.54. The zero-order chi connectivity index (χ0) is 20.9. The van der Waals surface area contributed by atoms with Gasteiger partial charge in [-0.25, -0.2) is 9.59 Å². The predicted molar refractivity (Wildman–Crippen MR) is 103 cm³/mol. The second-order valence-corrected chi connectivity index (χ2v) is 8.60. The maximum atomic E-state index is 12.8. The number of hydrogen-bond acceptors (Lipinski definition) is 5. The maximum absolute atomic E-state index is 12.8. The van der Waals surface area contributed by atoms with Crippen molar-refractivity contribution in [2.75, 3.05) is 13.2 Å². The van der Waals surface area contributed by atoms with E-state index in [4.69, 9.17) is 9.47 Å². The van der Waals surface area contributed by atoms with E-state index in [9.17, 15) is 19.5 Å². The Bertz CT molecular complexity index is 614. The molecule has 1 aliphatic carbocycles. The van der Waals surface area contributed by atoms with Crippen LogP contribution in [0.2, 0.25) is 0 Å². The molecule has 0 unspecified atom stereocenters. The highest BCUT2D eigenvalue weighted by atomic mass is 16.6. The highest BCUT2D eigenvalue weighted by Crippen LogP contribution is 2.50. The van der Waals surface area contributed by atoms with Gasteiger partial charge in [0, 0.05) is 12.6 Å². The zero-order valence-corrected chi connectivity index (χ0v) is 17.0. The number of hydrogen-bond donors (Lipinski definition) is 2. The van der Waals surface area contributed by atoms with Crippen LogP contribution >= 0.6 is 0 Å². The van der Waals surface area contributed by atoms with Crippen molar-refractivity contribution in [2.45, 2.75) is 76.5 Å². The summed E-state index contributed by atoms with van der Waals surface area (Å²) in [5, 5.41) is 12.1. The van der Waals surface area contributed by atoms with E-state index in [0.29, 0.717) is 19.4 Å². The van der Waals surface area contributed by atoms with Gasteiger partial charge in [-0.1, -0.05) is 19.1 Å². The summed E-state index contributed by atoms with van der Waals surface area (Å²) in [4.78, 5) is 37.8. The summed E-state index contributed by atoms with van der Waals surface area (Å²) >= 11 is 0. The van der Waals surface area contributed by atoms with Gasteiger partial charge < -0.3 is 19.9 Å². The van der Waals surface area contributed by atoms with Crippen molar-refractivity contribution in [1.82, 2.24) is 10.2 Å². The lowest BCUT2D eigenvalue weighted by Gasteiger charge is -2.41. The predicted octanol–water partition coefficient (Wildman–Crippen LogP) is 3.31. The fourth-order valence-electron chi connectivity index (χ4n) is 4.54. The second kappa shape index (κ2) is 8.84. The Morgan fingerprint density at radius 2 is 2.00 bits per heavy atom. The minimum atomic E-state index is -0.940. The van der Waals surface area contributed by atoms with E-state index in [0.717, 1.165) is 19.3 Å². The number of aliphatic carboxylic acids is 1. The van der Waals surface area contributed by atoms with Crippen molar-refractivity contribution in [3.05, 3.63) is 12.7 Å². The molecule has 2 amide bonds. The molecule has 28 heavy (non-hydrogen) atoms. The average molecular weight is 396 g/mol. The van der Waals surface area contributed by atoms with Gasteiger partial charge in [0.15, 0.2) is 0 Å². The number of carbonyl (C=O) groups is 3. The molecule has 8 nitrogen and oxygen atoms in total. The number of amides is 2. The Balaban J connectivity index is 2.15. The number of nitrogens with one attached hydrogen (secondary N) is 1. The standard InChI is InChI=1S/C20H32N2O6/c1-5-11-27-18(26)22-15(12-16(23)24)8-10-20(22)9-6-7-14(20)13-21-17(25)28-19(2,3)4/h5,14-15H,1,6-13H2,2-4H3,(H,21,25)(H,23,24)/t14-,15+,20+/m0/s1. The van der Waals surface area contributed by atoms with Crippen LogP contribution in [0.15, 0.2) is 12.7 Å². The van der Waals surface area contributed by atoms with E-state index >= 15 is 0 Å². The van der Waals surface area contributed by atoms with E-state index in [-0.39, 0.29) is 18.9 Å². The van der Waals surface area contributed by atoms with Crippen LogP contribution in [-0.2, 0) is 14.3 Å². The Morgan fingerprint density at radius 1 is 1.29 bits per heavy atom. The molecule has 1 saturated heterocycles. The molecule has 0 bridgehead atoms. The van der Waals surface area contributed by atoms with Crippen molar-refractivity contribution in [3.8, 4) is 0 Å². The lowest BCUT2D eigenvalue weighted by Crippen LogP contribution is -2.55. The first-order valence-corrected chi connectivity index (χ1v) is 9.84. The molecule has 3 atom stereocenters. The summed E-state index contributed by atoms with van der Waals surface area (Å²) in [6, 6.07) is -0.406. The highest BCUT2D eigenvalue weighted by Gasteiger charge is 2.56. The molecule has 1 spiro atoms. The molecular formula is C20H32N2O6. The van der Waals surface area contributed by atoms with Crippen LogP contribution in [0.3, 0.4) is 0 Å². The lowest BCUT2D eigenvalue weighted by atomic mass is 9.84. The Kier molecular flexibility index (Phi) is 6.96. The maximum Gasteiger partial charge on any atom is 0.410 e. The second-order valence-electron chi connectivity index (χ2n) is 8.60.